The van der Waals surface area contributed by atoms with Gasteiger partial charge in [0.2, 0.25) is 16.9 Å². The molecular formula is C28H36N7O19P3S-4. The van der Waals surface area contributed by atoms with E-state index >= 15 is 0 Å². The summed E-state index contributed by atoms with van der Waals surface area (Å²) in [6.45, 7) is -0.230. The highest BCUT2D eigenvalue weighted by molar-refractivity contribution is 8.14. The van der Waals surface area contributed by atoms with E-state index in [-0.39, 0.29) is 59.3 Å². The van der Waals surface area contributed by atoms with E-state index in [9.17, 15) is 68.1 Å². The molecule has 0 bridgehead atoms. The quantitative estimate of drug-likeness (QED) is 0.0435. The number of thioether (sulfide) groups is 1. The van der Waals surface area contributed by atoms with Crippen LogP contribution in [0.15, 0.2) is 30.9 Å². The first-order chi connectivity index (χ1) is 26.9. The Bertz CT molecular complexity index is 2100. The first-order valence-corrected chi connectivity index (χ1v) is 21.8. The molecule has 1 fully saturated rings. The normalized spacial score (nSPS) is 21.2. The summed E-state index contributed by atoms with van der Waals surface area (Å²) in [5, 5.41) is 44.6. The third kappa shape index (κ3) is 13.2. The zero-order valence-corrected chi connectivity index (χ0v) is 33.5. The molecule has 1 aromatic carbocycles. The van der Waals surface area contributed by atoms with Gasteiger partial charge in [0.1, 0.15) is 47.8 Å². The first-order valence-electron chi connectivity index (χ1n) is 16.4. The van der Waals surface area contributed by atoms with E-state index in [1.54, 1.807) is 0 Å². The van der Waals surface area contributed by atoms with Crippen LogP contribution in [0, 0.1) is 5.41 Å². The molecule has 7 atom stereocenters. The number of hydrogen-bond donors (Lipinski definition) is 7. The summed E-state index contributed by atoms with van der Waals surface area (Å²) in [4.78, 5) is 96.3. The van der Waals surface area contributed by atoms with Gasteiger partial charge in [0.05, 0.1) is 27.4 Å². The fourth-order valence-electron chi connectivity index (χ4n) is 5.05. The molecule has 58 heavy (non-hydrogen) atoms. The lowest BCUT2D eigenvalue weighted by Crippen LogP contribution is -2.46. The van der Waals surface area contributed by atoms with Crippen LogP contribution in [-0.2, 0) is 45.9 Å². The van der Waals surface area contributed by atoms with Crippen molar-refractivity contribution in [2.75, 3.05) is 37.8 Å². The number of rotatable bonds is 20. The number of phosphoric acid groups is 3. The number of nitrogens with zero attached hydrogens (tertiary/aromatic N) is 4. The zero-order valence-electron chi connectivity index (χ0n) is 30.0. The van der Waals surface area contributed by atoms with Crippen LogP contribution in [0.25, 0.3) is 11.2 Å². The molecule has 26 nitrogen and oxygen atoms in total. The van der Waals surface area contributed by atoms with Gasteiger partial charge in [0.15, 0.2) is 17.7 Å². The Balaban J connectivity index is 1.22. The first kappa shape index (κ1) is 47.1. The van der Waals surface area contributed by atoms with Gasteiger partial charge in [-0.1, -0.05) is 25.6 Å². The SMILES string of the molecule is CC(C)(COP(=O)([O-])OP(=O)([O-])OC[C@H]1O[C@@H](n2cnc3c(N)ncnc32)[C@H](O)[C@@H]1OP(=O)([O-])[O-])[C@@H](O)C(=O)NCCC(=O)NCCSC(=O)c1cc(O)cc(O)c1. The van der Waals surface area contributed by atoms with Crippen LogP contribution < -0.4 is 35.9 Å². The van der Waals surface area contributed by atoms with E-state index in [0.29, 0.717) is 0 Å². The fraction of sp³-hybridized carbons (Fsp3) is 0.500. The number of ether oxygens (including phenoxy) is 1. The predicted molar refractivity (Wildman–Crippen MR) is 187 cm³/mol. The number of imidazole rings is 1. The Morgan fingerprint density at radius 1 is 1.02 bits per heavy atom. The number of benzene rings is 1. The Morgan fingerprint density at radius 3 is 2.33 bits per heavy atom. The summed E-state index contributed by atoms with van der Waals surface area (Å²) in [6.07, 6.45) is -7.79. The molecule has 0 saturated carbocycles. The molecule has 3 heterocycles. The van der Waals surface area contributed by atoms with Crippen LogP contribution in [0.5, 0.6) is 11.5 Å². The molecule has 2 aromatic heterocycles. The second-order valence-corrected chi connectivity index (χ2v) is 18.0. The summed E-state index contributed by atoms with van der Waals surface area (Å²) in [5.74, 6) is -2.18. The largest absolute Gasteiger partial charge is 0.790 e. The van der Waals surface area contributed by atoms with Gasteiger partial charge >= 0.3 is 0 Å². The van der Waals surface area contributed by atoms with Crippen molar-refractivity contribution in [2.45, 2.75) is 50.9 Å². The van der Waals surface area contributed by atoms with Crippen LogP contribution in [0.3, 0.4) is 0 Å². The van der Waals surface area contributed by atoms with Crippen LogP contribution in [-0.4, -0.2) is 113 Å². The van der Waals surface area contributed by atoms with Crippen LogP contribution in [0.1, 0.15) is 36.9 Å². The van der Waals surface area contributed by atoms with E-state index in [0.717, 1.165) is 47.2 Å². The number of amides is 2. The number of aliphatic hydroxyl groups excluding tert-OH is 2. The molecule has 1 aliphatic heterocycles. The highest BCUT2D eigenvalue weighted by atomic mass is 32.2. The number of aliphatic hydroxyl groups is 2. The number of aromatic nitrogens is 4. The second kappa shape index (κ2) is 19.2. The molecule has 8 N–H and O–H groups in total. The maximum absolute atomic E-state index is 12.5. The number of carbonyl (C=O) groups is 3. The van der Waals surface area contributed by atoms with Crippen molar-refractivity contribution < 1.29 is 90.7 Å². The second-order valence-electron chi connectivity index (χ2n) is 12.9. The maximum atomic E-state index is 12.5. The monoisotopic (exact) mass is 899 g/mol. The Kier molecular flexibility index (Phi) is 15.6. The lowest BCUT2D eigenvalue weighted by molar-refractivity contribution is -0.347. The average Bonchev–Trinajstić information content (AvgIpc) is 3.67. The van der Waals surface area contributed by atoms with Gasteiger partial charge in [0, 0.05) is 42.3 Å². The molecule has 2 amide bonds. The van der Waals surface area contributed by atoms with Crippen molar-refractivity contribution in [3.63, 3.8) is 0 Å². The minimum atomic E-state index is -5.94. The molecule has 0 aliphatic carbocycles. The fourth-order valence-corrected chi connectivity index (χ4v) is 8.46. The molecule has 1 saturated heterocycles. The molecule has 1 aliphatic rings. The van der Waals surface area contributed by atoms with Gasteiger partial charge in [-0.25, -0.2) is 19.3 Å². The number of phenolic OH excluding ortho intramolecular Hbond substituents is 2. The molecule has 2 unspecified atom stereocenters. The zero-order chi connectivity index (χ0) is 43.2. The van der Waals surface area contributed by atoms with Crippen molar-refractivity contribution in [1.29, 1.82) is 0 Å². The Morgan fingerprint density at radius 2 is 1.67 bits per heavy atom. The van der Waals surface area contributed by atoms with E-state index < -0.39 is 89.7 Å². The Hall–Kier alpha value is -3.62. The van der Waals surface area contributed by atoms with Gasteiger partial charge < -0.3 is 79.2 Å². The van der Waals surface area contributed by atoms with Crippen molar-refractivity contribution in [2.24, 2.45) is 5.41 Å². The summed E-state index contributed by atoms with van der Waals surface area (Å²) < 4.78 is 60.4. The van der Waals surface area contributed by atoms with Crippen molar-refractivity contribution in [3.05, 3.63) is 36.4 Å². The molecule has 4 rings (SSSR count). The number of fused-ring (bicyclic) bond motifs is 1. The van der Waals surface area contributed by atoms with Gasteiger partial charge in [-0.2, -0.15) is 0 Å². The molecule has 30 heteroatoms. The lowest BCUT2D eigenvalue weighted by atomic mass is 9.87. The van der Waals surface area contributed by atoms with Crippen LogP contribution >= 0.6 is 35.2 Å². The molecule has 3 aromatic rings. The number of nitrogens with two attached hydrogens (primary N) is 1. The number of nitrogens with one attached hydrogen (secondary N) is 2. The number of nitrogen functional groups attached to an aromatic ring is 1. The van der Waals surface area contributed by atoms with E-state index in [1.807, 2.05) is 0 Å². The maximum Gasteiger partial charge on any atom is 0.274 e. The molecular weight excluding hydrogens is 863 g/mol. The van der Waals surface area contributed by atoms with Crippen LogP contribution in [0.4, 0.5) is 5.82 Å². The van der Waals surface area contributed by atoms with Crippen LogP contribution in [0.2, 0.25) is 0 Å². The van der Waals surface area contributed by atoms with E-state index in [2.05, 4.69) is 43.5 Å². The van der Waals surface area contributed by atoms with E-state index in [1.165, 1.54) is 13.8 Å². The van der Waals surface area contributed by atoms with E-state index in [4.69, 9.17) is 10.5 Å². The highest BCUT2D eigenvalue weighted by Gasteiger charge is 2.47. The summed E-state index contributed by atoms with van der Waals surface area (Å²) in [6, 6.07) is 3.37. The average molecular weight is 900 g/mol. The number of anilines is 1. The third-order valence-electron chi connectivity index (χ3n) is 7.85. The lowest BCUT2D eigenvalue weighted by Gasteiger charge is -2.36. The summed E-state index contributed by atoms with van der Waals surface area (Å²) in [5.41, 5.74) is 4.05. The number of carbonyl (C=O) groups excluding carboxylic acids is 3. The van der Waals surface area contributed by atoms with Gasteiger partial charge in [0.25, 0.3) is 15.6 Å². The summed E-state index contributed by atoms with van der Waals surface area (Å²) in [7, 11) is -17.7. The van der Waals surface area contributed by atoms with Crippen molar-refractivity contribution >= 4 is 69.1 Å². The summed E-state index contributed by atoms with van der Waals surface area (Å²) >= 11 is 0.807. The minimum absolute atomic E-state index is 0.0323. The number of phosphoric ester groups is 3. The molecule has 0 spiro atoms. The Labute approximate surface area is 331 Å². The topological polar surface area (TPSA) is 415 Å². The van der Waals surface area contributed by atoms with Gasteiger partial charge in [-0.15, -0.1) is 0 Å². The molecule has 322 valence electrons. The van der Waals surface area contributed by atoms with Gasteiger partial charge in [-0.3, -0.25) is 28.1 Å². The van der Waals surface area contributed by atoms with Crippen molar-refractivity contribution in [1.82, 2.24) is 30.2 Å². The number of hydrogen-bond acceptors (Lipinski definition) is 24. The smallest absolute Gasteiger partial charge is 0.274 e. The van der Waals surface area contributed by atoms with Crippen molar-refractivity contribution in [3.8, 4) is 11.5 Å². The standard InChI is InChI=1S/C28H40N7O19P3S/c1-28(2,22(40)25(41)31-4-3-18(38)30-5-6-58-27(42)14-7-15(36)9-16(37)8-14)11-51-57(48,49)54-56(46,47)50-10-17-21(53-55(43,44)45)20(39)26(52-17)35-13-34-19-23(29)32-12-33-24(19)35/h7-9,12-13,17,20-22,26,36-37,39-40H,3-6,10-11H2,1-2H3,(H,30,38)(H,31,41)(H,46,47)(H,48,49)(H2,29,32,33)(H2,43,44,45)/p-4/t17-,20-,21-,22+,26-/m1/s1. The predicted octanol–water partition coefficient (Wildman–Crippen LogP) is -3.14. The number of aromatic hydroxyl groups is 2. The molecule has 0 radical (unpaired) electrons. The third-order valence-corrected chi connectivity index (χ3v) is 11.8. The number of phenols is 2. The highest BCUT2D eigenvalue weighted by Crippen LogP contribution is 2.56. The minimum Gasteiger partial charge on any atom is -0.790 e. The van der Waals surface area contributed by atoms with Gasteiger partial charge in [-0.05, 0) is 12.1 Å².